The Morgan fingerprint density at radius 3 is 2.28 bits per heavy atom. The average Bonchev–Trinajstić information content (AvgIpc) is 3.40. The van der Waals surface area contributed by atoms with Gasteiger partial charge in [-0.1, -0.05) is 60.5 Å². The van der Waals surface area contributed by atoms with E-state index in [9.17, 15) is 34.8 Å². The van der Waals surface area contributed by atoms with Crippen LogP contribution >= 0.6 is 35.8 Å². The molecule has 13 nitrogen and oxygen atoms in total. The van der Waals surface area contributed by atoms with Gasteiger partial charge in [0.1, 0.15) is 4.90 Å². The number of rotatable bonds is 18. The normalized spacial score (nSPS) is 19.6. The number of sulfonamides is 1. The van der Waals surface area contributed by atoms with Gasteiger partial charge in [-0.2, -0.15) is 13.2 Å². The Morgan fingerprint density at radius 1 is 0.842 bits per heavy atom. The van der Waals surface area contributed by atoms with Crippen molar-refractivity contribution in [3.8, 4) is 0 Å². The number of piperazine rings is 2. The molecule has 0 bridgehead atoms. The number of carbonyl (C=O) groups is 1. The molecule has 1 aromatic heterocycles. The Labute approximate surface area is 460 Å². The molecule has 1 amide bonds. The van der Waals surface area contributed by atoms with Crippen LogP contribution in [0.5, 0.6) is 0 Å². The topological polar surface area (TPSA) is 147 Å². The molecule has 5 aromatic rings. The third-order valence-corrected chi connectivity index (χ3v) is 19.1. The minimum Gasteiger partial charge on any atom is -0.380 e. The molecule has 4 heterocycles. The summed E-state index contributed by atoms with van der Waals surface area (Å²) in [7, 11) is -11.0. The van der Waals surface area contributed by atoms with Crippen LogP contribution in [0.3, 0.4) is 0 Å². The number of fused-ring (bicyclic) bond motifs is 1. The lowest BCUT2D eigenvalue weighted by atomic mass is 9.71. The second-order valence-electron chi connectivity index (χ2n) is 20.3. The fourth-order valence-corrected chi connectivity index (χ4v) is 13.9. The lowest BCUT2D eigenvalue weighted by Crippen LogP contribution is -2.49. The van der Waals surface area contributed by atoms with Crippen molar-refractivity contribution < 1.29 is 34.8 Å². The summed E-state index contributed by atoms with van der Waals surface area (Å²) in [6, 6.07) is 29.9. The number of nitrogens with one attached hydrogen (secondary N) is 3. The Kier molecular flexibility index (Phi) is 18.9. The quantitative estimate of drug-likeness (QED) is 0.0718. The van der Waals surface area contributed by atoms with Crippen LogP contribution in [0.2, 0.25) is 5.02 Å². The van der Waals surface area contributed by atoms with Gasteiger partial charge in [-0.25, -0.2) is 21.6 Å². The number of hydrogen-bond acceptors (Lipinski definition) is 13. The highest BCUT2D eigenvalue weighted by atomic mass is 35.5. The molecule has 21 heteroatoms. The molecule has 4 aromatic carbocycles. The summed E-state index contributed by atoms with van der Waals surface area (Å²) >= 11 is 7.75. The van der Waals surface area contributed by atoms with Crippen molar-refractivity contribution in [1.29, 1.82) is 0 Å². The van der Waals surface area contributed by atoms with Gasteiger partial charge in [-0.3, -0.25) is 19.6 Å². The Balaban J connectivity index is 0.00000765. The van der Waals surface area contributed by atoms with E-state index >= 15 is 0 Å². The zero-order chi connectivity index (χ0) is 52.8. The van der Waals surface area contributed by atoms with Crippen LogP contribution in [0.15, 0.2) is 136 Å². The summed E-state index contributed by atoms with van der Waals surface area (Å²) in [5.74, 6) is -0.672. The number of benzene rings is 4. The van der Waals surface area contributed by atoms with Crippen LogP contribution in [0.1, 0.15) is 59.8 Å². The predicted octanol–water partition coefficient (Wildman–Crippen LogP) is 9.26. The molecule has 76 heavy (non-hydrogen) atoms. The maximum absolute atomic E-state index is 14.4. The first-order valence-electron chi connectivity index (χ1n) is 25.5. The van der Waals surface area contributed by atoms with Crippen molar-refractivity contribution in [2.24, 2.45) is 5.41 Å². The average molecular weight is 1140 g/mol. The maximum atomic E-state index is 14.4. The van der Waals surface area contributed by atoms with E-state index in [4.69, 9.17) is 11.6 Å². The molecule has 4 aliphatic rings. The first-order chi connectivity index (χ1) is 35.9. The van der Waals surface area contributed by atoms with Crippen molar-refractivity contribution >= 4 is 78.5 Å². The lowest BCUT2D eigenvalue weighted by Gasteiger charge is -2.43. The van der Waals surface area contributed by atoms with Crippen molar-refractivity contribution in [2.75, 3.05) is 94.5 Å². The van der Waals surface area contributed by atoms with E-state index in [1.165, 1.54) is 40.6 Å². The molecular weight excluding hydrogens is 1080 g/mol. The molecule has 9 rings (SSSR count). The molecule has 1 aliphatic carbocycles. The molecule has 3 N–H and O–H groups in total. The SMILES string of the molecule is CC1(CN2CCNCC2)CCC(c2ccc(Cl)cc2)=C(CN2CCN(c3ccc(C(=O)NS(=O)(=O)c4ccc(NC(CCN5CCc6cccnc6C5)CSc5ccccc5)c(S(=O)(=O)C(F)(F)F)c4)cc3)CC2)C1.Cl. The van der Waals surface area contributed by atoms with Crippen molar-refractivity contribution in [1.82, 2.24) is 29.7 Å². The van der Waals surface area contributed by atoms with Crippen LogP contribution in [-0.2, 0) is 32.8 Å². The van der Waals surface area contributed by atoms with Crippen LogP contribution in [0, 0.1) is 5.41 Å². The molecule has 2 fully saturated rings. The summed E-state index contributed by atoms with van der Waals surface area (Å²) < 4.78 is 99.0. The summed E-state index contributed by atoms with van der Waals surface area (Å²) in [5.41, 5.74) is 1.07. The van der Waals surface area contributed by atoms with Crippen molar-refractivity contribution in [3.63, 3.8) is 0 Å². The second kappa shape index (κ2) is 25.0. The van der Waals surface area contributed by atoms with Crippen LogP contribution in [0.4, 0.5) is 24.5 Å². The molecule has 0 spiro atoms. The number of halogens is 5. The number of hydrogen-bond donors (Lipinski definition) is 3. The van der Waals surface area contributed by atoms with Gasteiger partial charge in [0, 0.05) is 124 Å². The van der Waals surface area contributed by atoms with E-state index in [1.807, 2.05) is 59.3 Å². The largest absolute Gasteiger partial charge is 0.501 e. The van der Waals surface area contributed by atoms with E-state index in [0.717, 1.165) is 132 Å². The molecule has 2 unspecified atom stereocenters. The third-order valence-electron chi connectivity index (χ3n) is 14.8. The zero-order valence-electron chi connectivity index (χ0n) is 42.4. The van der Waals surface area contributed by atoms with Crippen molar-refractivity contribution in [3.05, 3.63) is 148 Å². The lowest BCUT2D eigenvalue weighted by molar-refractivity contribution is -0.0435. The molecule has 0 radical (unpaired) electrons. The number of pyridine rings is 1. The van der Waals surface area contributed by atoms with E-state index in [-0.39, 0.29) is 23.4 Å². The maximum Gasteiger partial charge on any atom is 0.501 e. The molecule has 0 saturated carbocycles. The van der Waals surface area contributed by atoms with E-state index in [0.29, 0.717) is 36.4 Å². The summed E-state index contributed by atoms with van der Waals surface area (Å²) in [4.78, 5) is 26.4. The Hall–Kier alpha value is -4.70. The molecule has 408 valence electrons. The van der Waals surface area contributed by atoms with Gasteiger partial charge >= 0.3 is 5.51 Å². The van der Waals surface area contributed by atoms with Gasteiger partial charge in [-0.15, -0.1) is 24.2 Å². The van der Waals surface area contributed by atoms with Crippen molar-refractivity contribution in [2.45, 2.75) is 71.8 Å². The highest BCUT2D eigenvalue weighted by molar-refractivity contribution is 7.99. The van der Waals surface area contributed by atoms with Gasteiger partial charge in [0.15, 0.2) is 0 Å². The third kappa shape index (κ3) is 14.3. The number of amides is 1. The van der Waals surface area contributed by atoms with Gasteiger partial charge in [-0.05, 0) is 127 Å². The molecule has 2 saturated heterocycles. The monoisotopic (exact) mass is 1140 g/mol. The highest BCUT2D eigenvalue weighted by Crippen LogP contribution is 2.44. The fraction of sp³-hybridized carbons (Fsp3) is 0.418. The number of sulfone groups is 1. The molecule has 2 atom stereocenters. The number of carbonyl (C=O) groups excluding carboxylic acids is 1. The smallest absolute Gasteiger partial charge is 0.380 e. The Bertz CT molecular complexity index is 3060. The number of nitrogens with zero attached hydrogens (tertiary/aromatic N) is 5. The summed E-state index contributed by atoms with van der Waals surface area (Å²) in [5, 5.41) is 7.22. The minimum atomic E-state index is -6.09. The summed E-state index contributed by atoms with van der Waals surface area (Å²) in [6.07, 6.45) is 6.09. The zero-order valence-corrected chi connectivity index (χ0v) is 46.4. The second-order valence-corrected chi connectivity index (χ2v) is 25.5. The number of anilines is 2. The predicted molar refractivity (Wildman–Crippen MR) is 299 cm³/mol. The minimum absolute atomic E-state index is 0. The number of thioether (sulfide) groups is 1. The Morgan fingerprint density at radius 2 is 1.57 bits per heavy atom. The fourth-order valence-electron chi connectivity index (χ4n) is 10.7. The number of alkyl halides is 3. The van der Waals surface area contributed by atoms with Gasteiger partial charge in [0.2, 0.25) is 0 Å². The number of allylic oxidation sites excluding steroid dienone is 1. The first kappa shape index (κ1) is 57.5. The van der Waals surface area contributed by atoms with Crippen LogP contribution < -0.4 is 20.3 Å². The highest BCUT2D eigenvalue weighted by Gasteiger charge is 2.48. The van der Waals surface area contributed by atoms with Crippen LogP contribution in [0.25, 0.3) is 5.57 Å². The van der Waals surface area contributed by atoms with Crippen LogP contribution in [-0.4, -0.2) is 138 Å². The van der Waals surface area contributed by atoms with Gasteiger partial charge < -0.3 is 20.4 Å². The molecular formula is C55H65Cl2F3N8O5S3. The number of aromatic nitrogens is 1. The van der Waals surface area contributed by atoms with E-state index in [1.54, 1.807) is 18.3 Å². The van der Waals surface area contributed by atoms with Gasteiger partial charge in [0.25, 0.3) is 25.8 Å². The molecule has 3 aliphatic heterocycles. The summed E-state index contributed by atoms with van der Waals surface area (Å²) in [6.45, 7) is 13.5. The van der Waals surface area contributed by atoms with E-state index < -0.39 is 52.8 Å². The van der Waals surface area contributed by atoms with Gasteiger partial charge in [0.05, 0.1) is 16.3 Å². The first-order valence-corrected chi connectivity index (χ1v) is 29.8. The standard InChI is InChI=1S/C55H64ClF3N8O5S3.ClH/c1-54(39-66-28-24-60-25-29-66)22-19-49(40-9-13-44(56)14-10-40)43(35-54)36-65-30-32-67(33-31-65)46-15-11-42(12-16-46)53(68)63-75(71,72)48-17-18-50(52(34-48)74(69,70)55(57,58)59)62-45(38-73-47-7-3-2-4-8-47)21-27-64-26-20-41-6-5-23-61-51(41)37-64;/h2-18,23,34,45,60,62H,19-22,24-33,35-39H2,1H3,(H,63,68);1H. The van der Waals surface area contributed by atoms with E-state index in [2.05, 4.69) is 54.3 Å².